The Balaban J connectivity index is 2.14. The lowest BCUT2D eigenvalue weighted by Crippen LogP contribution is -2.67. The van der Waals surface area contributed by atoms with Crippen LogP contribution in [0.25, 0.3) is 0 Å². The quantitative estimate of drug-likeness (QED) is 0.0500. The van der Waals surface area contributed by atoms with Gasteiger partial charge in [0.25, 0.3) is 11.8 Å². The Kier molecular flexibility index (Phi) is 14.3. The summed E-state index contributed by atoms with van der Waals surface area (Å²) in [4.78, 5) is 25.9. The molecule has 2 aliphatic heterocycles. The van der Waals surface area contributed by atoms with Crippen LogP contribution in [0.15, 0.2) is 0 Å². The van der Waals surface area contributed by atoms with Crippen LogP contribution >= 0.6 is 12.6 Å². The van der Waals surface area contributed by atoms with E-state index in [2.05, 4.69) is 23.3 Å². The van der Waals surface area contributed by atoms with Crippen molar-refractivity contribution in [3.8, 4) is 0 Å². The van der Waals surface area contributed by atoms with Gasteiger partial charge in [-0.05, 0) is 0 Å². The number of rotatable bonds is 15. The molecule has 2 saturated heterocycles. The number of hydrogen-bond donors (Lipinski definition) is 7. The molecule has 6 N–H and O–H groups in total. The highest BCUT2D eigenvalue weighted by atomic mass is 32.2. The van der Waals surface area contributed by atoms with E-state index in [-0.39, 0.29) is 29.7 Å². The number of carbonyl (C=O) groups is 2. The van der Waals surface area contributed by atoms with Gasteiger partial charge in [-0.1, -0.05) is 0 Å². The lowest BCUT2D eigenvalue weighted by atomic mass is 9.96. The molecule has 2 heterocycles. The summed E-state index contributed by atoms with van der Waals surface area (Å²) in [5.41, 5.74) is 0. The van der Waals surface area contributed by atoms with E-state index < -0.39 is 89.1 Å². The first-order valence-corrected chi connectivity index (χ1v) is 15.4. The summed E-state index contributed by atoms with van der Waals surface area (Å²) in [6.07, 6.45) is -16.0. The number of hydrogen-bond acceptors (Lipinski definition) is 15. The molecule has 2 amide bonds. The van der Waals surface area contributed by atoms with Crippen LogP contribution in [0.1, 0.15) is 6.42 Å². The zero-order chi connectivity index (χ0) is 31.8. The van der Waals surface area contributed by atoms with E-state index in [0.717, 1.165) is 0 Å². The summed E-state index contributed by atoms with van der Waals surface area (Å²) >= 11 is 4.02. The van der Waals surface area contributed by atoms with E-state index in [9.17, 15) is 43.0 Å². The lowest BCUT2D eigenvalue weighted by molar-refractivity contribution is -0.889. The van der Waals surface area contributed by atoms with Gasteiger partial charge < -0.3 is 63.8 Å². The molecule has 19 heteroatoms. The van der Waals surface area contributed by atoms with Crippen LogP contribution in [-0.2, 0) is 43.4 Å². The van der Waals surface area contributed by atoms with Crippen molar-refractivity contribution >= 4 is 34.6 Å². The van der Waals surface area contributed by atoms with Gasteiger partial charge in [0.2, 0.25) is 0 Å². The minimum absolute atomic E-state index is 0.0869. The van der Waals surface area contributed by atoms with Crippen molar-refractivity contribution in [3.63, 3.8) is 0 Å². The first-order valence-electron chi connectivity index (χ1n) is 13.2. The SMILES string of the molecule is COC1OC(C(=O)NCCS)[C@@H](OC2OC(C(=O)NCC[N+](C)(C)CCCS(=O)(=O)[O-])[C@@H](OC)[C@H](O)[C@H]2O)[C@H](O)[C@H]1O. The Labute approximate surface area is 250 Å². The van der Waals surface area contributed by atoms with Gasteiger partial charge in [-0.25, -0.2) is 8.42 Å². The maximum atomic E-state index is 13.1. The Morgan fingerprint density at radius 2 is 1.38 bits per heavy atom. The third-order valence-electron chi connectivity index (χ3n) is 6.99. The molecule has 0 aromatic heterocycles. The fourth-order valence-corrected chi connectivity index (χ4v) is 5.21. The number of amides is 2. The molecule has 0 radical (unpaired) electrons. The Hall–Kier alpha value is -1.20. The molecule has 0 bridgehead atoms. The summed E-state index contributed by atoms with van der Waals surface area (Å²) in [6.45, 7) is 0.914. The molecule has 0 aromatic carbocycles. The normalized spacial score (nSPS) is 34.1. The number of thiol groups is 1. The second kappa shape index (κ2) is 16.2. The van der Waals surface area contributed by atoms with Gasteiger partial charge >= 0.3 is 0 Å². The molecule has 0 aliphatic carbocycles. The van der Waals surface area contributed by atoms with E-state index in [1.54, 1.807) is 14.1 Å². The van der Waals surface area contributed by atoms with Crippen LogP contribution in [0.2, 0.25) is 0 Å². The summed E-state index contributed by atoms with van der Waals surface area (Å²) in [6, 6.07) is 0. The molecule has 0 aromatic rings. The topological polar surface area (TPSA) is 242 Å². The lowest BCUT2D eigenvalue weighted by Gasteiger charge is -2.46. The first-order chi connectivity index (χ1) is 19.6. The zero-order valence-corrected chi connectivity index (χ0v) is 25.6. The van der Waals surface area contributed by atoms with Crippen molar-refractivity contribution in [1.82, 2.24) is 10.6 Å². The van der Waals surface area contributed by atoms with E-state index in [1.165, 1.54) is 14.2 Å². The van der Waals surface area contributed by atoms with Gasteiger partial charge in [0.1, 0.15) is 36.6 Å². The number of likely N-dealkylation sites (N-methyl/N-ethyl adjacent to an activating group) is 1. The van der Waals surface area contributed by atoms with Crippen molar-refractivity contribution in [3.05, 3.63) is 0 Å². The second-order valence-electron chi connectivity index (χ2n) is 10.7. The number of methoxy groups -OCH3 is 2. The minimum Gasteiger partial charge on any atom is -0.748 e. The molecular weight excluding hydrogens is 606 g/mol. The molecular formula is C23H43N3O14S2. The van der Waals surface area contributed by atoms with Gasteiger partial charge in [0.15, 0.2) is 24.8 Å². The van der Waals surface area contributed by atoms with E-state index >= 15 is 0 Å². The highest BCUT2D eigenvalue weighted by molar-refractivity contribution is 7.85. The highest BCUT2D eigenvalue weighted by Crippen LogP contribution is 2.30. The predicted octanol–water partition coefficient (Wildman–Crippen LogP) is -4.90. The number of aliphatic hydroxyl groups is 4. The maximum Gasteiger partial charge on any atom is 0.252 e. The molecule has 2 aliphatic rings. The Bertz CT molecular complexity index is 989. The molecule has 0 saturated carbocycles. The van der Waals surface area contributed by atoms with E-state index in [1.807, 2.05) is 0 Å². The minimum atomic E-state index is -4.34. The molecule has 0 spiro atoms. The third-order valence-corrected chi connectivity index (χ3v) is 8.00. The molecule has 2 fully saturated rings. The number of nitrogens with one attached hydrogen (secondary N) is 2. The monoisotopic (exact) mass is 649 g/mol. The smallest absolute Gasteiger partial charge is 0.252 e. The van der Waals surface area contributed by atoms with Crippen molar-refractivity contribution in [2.75, 3.05) is 66.0 Å². The van der Waals surface area contributed by atoms with Gasteiger partial charge in [-0.15, -0.1) is 0 Å². The molecule has 4 unspecified atom stereocenters. The van der Waals surface area contributed by atoms with Crippen LogP contribution < -0.4 is 10.6 Å². The van der Waals surface area contributed by atoms with Crippen LogP contribution in [0.3, 0.4) is 0 Å². The van der Waals surface area contributed by atoms with Crippen molar-refractivity contribution in [2.45, 2.75) is 67.8 Å². The van der Waals surface area contributed by atoms with Crippen molar-refractivity contribution in [1.29, 1.82) is 0 Å². The highest BCUT2D eigenvalue weighted by Gasteiger charge is 2.54. The number of ether oxygens (including phenoxy) is 5. The van der Waals surface area contributed by atoms with Crippen LogP contribution in [0.4, 0.5) is 0 Å². The average Bonchev–Trinajstić information content (AvgIpc) is 2.91. The fourth-order valence-electron chi connectivity index (χ4n) is 4.62. The summed E-state index contributed by atoms with van der Waals surface area (Å²) < 4.78 is 59.9. The Morgan fingerprint density at radius 1 is 0.857 bits per heavy atom. The van der Waals surface area contributed by atoms with Gasteiger partial charge in [0.05, 0.1) is 43.8 Å². The molecule has 17 nitrogen and oxygen atoms in total. The standard InChI is InChI=1S/C23H43N3O14S2/c1-26(2,8-5-11-42(33,34)35)9-6-24-20(31)18-16(36-3)12(27)15(30)23(40-18)38-17-13(28)14(29)22(37-4)39-19(17)21(32)25-7-10-41/h12-19,22-23,27-30H,5-11H2,1-4H3,(H3-,24,25,31,32,33,34,35,41)/t12-,13-,14-,15-,16+,17+,18?,19?,22?,23?/m1/s1. The maximum absolute atomic E-state index is 13.1. The summed E-state index contributed by atoms with van der Waals surface area (Å²) in [7, 11) is 1.61. The van der Waals surface area contributed by atoms with Gasteiger partial charge in [0, 0.05) is 38.7 Å². The molecule has 10 atom stereocenters. The van der Waals surface area contributed by atoms with E-state index in [0.29, 0.717) is 13.1 Å². The first kappa shape index (κ1) is 37.0. The van der Waals surface area contributed by atoms with Crippen molar-refractivity contribution in [2.24, 2.45) is 0 Å². The number of nitrogens with zero attached hydrogens (tertiary/aromatic N) is 1. The van der Waals surface area contributed by atoms with Gasteiger partial charge in [-0.2, -0.15) is 12.6 Å². The average molecular weight is 650 g/mol. The third kappa shape index (κ3) is 10.2. The zero-order valence-electron chi connectivity index (χ0n) is 23.9. The van der Waals surface area contributed by atoms with Gasteiger partial charge in [-0.3, -0.25) is 9.59 Å². The number of quaternary nitrogens is 1. The van der Waals surface area contributed by atoms with Crippen LogP contribution in [0.5, 0.6) is 0 Å². The van der Waals surface area contributed by atoms with Crippen LogP contribution in [0, 0.1) is 0 Å². The fraction of sp³-hybridized carbons (Fsp3) is 0.913. The summed E-state index contributed by atoms with van der Waals surface area (Å²) in [5.74, 6) is -1.71. The van der Waals surface area contributed by atoms with Crippen molar-refractivity contribution < 1.29 is 71.2 Å². The summed E-state index contributed by atoms with van der Waals surface area (Å²) in [5, 5.41) is 47.7. The predicted molar refractivity (Wildman–Crippen MR) is 145 cm³/mol. The number of carbonyl (C=O) groups excluding carboxylic acids is 2. The molecule has 42 heavy (non-hydrogen) atoms. The van der Waals surface area contributed by atoms with Crippen LogP contribution in [-0.4, -0.2) is 177 Å². The van der Waals surface area contributed by atoms with E-state index in [4.69, 9.17) is 23.7 Å². The number of aliphatic hydroxyl groups excluding tert-OH is 4. The second-order valence-corrected chi connectivity index (χ2v) is 12.6. The largest absolute Gasteiger partial charge is 0.748 e. The Morgan fingerprint density at radius 3 is 1.93 bits per heavy atom. The molecule has 246 valence electrons. The molecule has 2 rings (SSSR count).